The number of fused-ring (bicyclic) bond motifs is 2. The SMILES string of the molecule is C[C@H](OC(=O)c1c2c(nc3ccccc13)CCCC2)C(=O)NCc1ccccc1. The molecular weight excluding hydrogens is 364 g/mol. The van der Waals surface area contributed by atoms with E-state index in [1.165, 1.54) is 0 Å². The molecule has 1 aliphatic rings. The maximum absolute atomic E-state index is 13.1. The monoisotopic (exact) mass is 388 g/mol. The molecule has 1 N–H and O–H groups in total. The Morgan fingerprint density at radius 1 is 1.03 bits per heavy atom. The number of pyridine rings is 1. The Bertz CT molecular complexity index is 1050. The second kappa shape index (κ2) is 8.43. The van der Waals surface area contributed by atoms with Crippen LogP contribution < -0.4 is 5.32 Å². The summed E-state index contributed by atoms with van der Waals surface area (Å²) in [6.45, 7) is 2.00. The van der Waals surface area contributed by atoms with E-state index in [1.807, 2.05) is 54.6 Å². The highest BCUT2D eigenvalue weighted by molar-refractivity contribution is 6.05. The van der Waals surface area contributed by atoms with Gasteiger partial charge in [-0.05, 0) is 49.8 Å². The van der Waals surface area contributed by atoms with Gasteiger partial charge in [-0.2, -0.15) is 0 Å². The van der Waals surface area contributed by atoms with Crippen LogP contribution in [0.4, 0.5) is 0 Å². The van der Waals surface area contributed by atoms with Gasteiger partial charge in [-0.25, -0.2) is 4.79 Å². The van der Waals surface area contributed by atoms with Crippen molar-refractivity contribution in [2.75, 3.05) is 0 Å². The number of hydrogen-bond donors (Lipinski definition) is 1. The molecule has 148 valence electrons. The number of benzene rings is 2. The van der Waals surface area contributed by atoms with Crippen molar-refractivity contribution in [1.29, 1.82) is 0 Å². The fourth-order valence-electron chi connectivity index (χ4n) is 3.81. The van der Waals surface area contributed by atoms with Crippen LogP contribution >= 0.6 is 0 Å². The van der Waals surface area contributed by atoms with E-state index in [0.717, 1.165) is 53.4 Å². The maximum atomic E-state index is 13.1. The zero-order chi connectivity index (χ0) is 20.2. The van der Waals surface area contributed by atoms with Crippen LogP contribution in [0, 0.1) is 0 Å². The van der Waals surface area contributed by atoms with Gasteiger partial charge < -0.3 is 10.1 Å². The Balaban J connectivity index is 1.53. The van der Waals surface area contributed by atoms with Gasteiger partial charge in [-0.3, -0.25) is 9.78 Å². The lowest BCUT2D eigenvalue weighted by Gasteiger charge is -2.21. The van der Waals surface area contributed by atoms with Gasteiger partial charge >= 0.3 is 5.97 Å². The van der Waals surface area contributed by atoms with Crippen molar-refractivity contribution in [2.24, 2.45) is 0 Å². The van der Waals surface area contributed by atoms with Crippen LogP contribution in [-0.4, -0.2) is 23.0 Å². The molecule has 1 heterocycles. The van der Waals surface area contributed by atoms with Gasteiger partial charge in [-0.1, -0.05) is 48.5 Å². The van der Waals surface area contributed by atoms with Crippen molar-refractivity contribution in [2.45, 2.75) is 45.3 Å². The molecule has 4 rings (SSSR count). The van der Waals surface area contributed by atoms with E-state index in [1.54, 1.807) is 6.92 Å². The molecule has 0 radical (unpaired) electrons. The Morgan fingerprint density at radius 3 is 2.59 bits per heavy atom. The lowest BCUT2D eigenvalue weighted by Crippen LogP contribution is -2.35. The number of ether oxygens (including phenoxy) is 1. The van der Waals surface area contributed by atoms with Gasteiger partial charge in [0.15, 0.2) is 6.10 Å². The summed E-state index contributed by atoms with van der Waals surface area (Å²) in [5.74, 6) is -0.765. The van der Waals surface area contributed by atoms with E-state index in [2.05, 4.69) is 5.32 Å². The molecule has 29 heavy (non-hydrogen) atoms. The number of hydrogen-bond acceptors (Lipinski definition) is 4. The van der Waals surface area contributed by atoms with E-state index in [-0.39, 0.29) is 5.91 Å². The molecule has 3 aromatic rings. The summed E-state index contributed by atoms with van der Waals surface area (Å²) in [6, 6.07) is 17.3. The van der Waals surface area contributed by atoms with Crippen molar-refractivity contribution in [3.8, 4) is 0 Å². The molecule has 0 aliphatic heterocycles. The molecule has 0 fully saturated rings. The lowest BCUT2D eigenvalue weighted by atomic mass is 9.90. The van der Waals surface area contributed by atoms with Crippen molar-refractivity contribution in [1.82, 2.24) is 10.3 Å². The molecule has 5 heteroatoms. The minimum Gasteiger partial charge on any atom is -0.449 e. The van der Waals surface area contributed by atoms with Crippen molar-refractivity contribution >= 4 is 22.8 Å². The zero-order valence-corrected chi connectivity index (χ0v) is 16.5. The predicted molar refractivity (Wildman–Crippen MR) is 112 cm³/mol. The highest BCUT2D eigenvalue weighted by Crippen LogP contribution is 2.30. The Labute approximate surface area is 170 Å². The van der Waals surface area contributed by atoms with Gasteiger partial charge in [0.1, 0.15) is 0 Å². The first kappa shape index (κ1) is 19.1. The Hall–Kier alpha value is -3.21. The molecule has 0 spiro atoms. The summed E-state index contributed by atoms with van der Waals surface area (Å²) in [5.41, 5.74) is 4.29. The first-order valence-corrected chi connectivity index (χ1v) is 10.1. The normalized spacial score (nSPS) is 14.1. The van der Waals surface area contributed by atoms with Crippen LogP contribution in [0.3, 0.4) is 0 Å². The number of amides is 1. The fraction of sp³-hybridized carbons (Fsp3) is 0.292. The van der Waals surface area contributed by atoms with Crippen LogP contribution in [0.25, 0.3) is 10.9 Å². The first-order chi connectivity index (χ1) is 14.1. The van der Waals surface area contributed by atoms with Crippen molar-refractivity contribution in [3.05, 3.63) is 77.0 Å². The number of rotatable bonds is 5. The first-order valence-electron chi connectivity index (χ1n) is 10.1. The van der Waals surface area contributed by atoms with Crippen molar-refractivity contribution in [3.63, 3.8) is 0 Å². The van der Waals surface area contributed by atoms with E-state index in [0.29, 0.717) is 12.1 Å². The number of nitrogens with zero attached hydrogens (tertiary/aromatic N) is 1. The van der Waals surface area contributed by atoms with E-state index in [9.17, 15) is 9.59 Å². The Kier molecular flexibility index (Phi) is 5.56. The number of aromatic nitrogens is 1. The molecule has 1 aromatic heterocycles. The van der Waals surface area contributed by atoms with E-state index < -0.39 is 12.1 Å². The van der Waals surface area contributed by atoms with Crippen molar-refractivity contribution < 1.29 is 14.3 Å². The number of aryl methyl sites for hydroxylation is 1. The summed E-state index contributed by atoms with van der Waals surface area (Å²) in [5, 5.41) is 3.61. The highest BCUT2D eigenvalue weighted by Gasteiger charge is 2.26. The molecule has 0 bridgehead atoms. The minimum atomic E-state index is -0.877. The summed E-state index contributed by atoms with van der Waals surface area (Å²) < 4.78 is 5.58. The van der Waals surface area contributed by atoms with Gasteiger partial charge in [0, 0.05) is 17.6 Å². The summed E-state index contributed by atoms with van der Waals surface area (Å²) in [7, 11) is 0. The molecule has 0 unspecified atom stereocenters. The molecule has 5 nitrogen and oxygen atoms in total. The number of nitrogens with one attached hydrogen (secondary N) is 1. The number of carbonyl (C=O) groups is 2. The van der Waals surface area contributed by atoms with E-state index in [4.69, 9.17) is 9.72 Å². The largest absolute Gasteiger partial charge is 0.449 e. The summed E-state index contributed by atoms with van der Waals surface area (Å²) >= 11 is 0. The van der Waals surface area contributed by atoms with Crippen LogP contribution in [-0.2, 0) is 28.9 Å². The zero-order valence-electron chi connectivity index (χ0n) is 16.5. The summed E-state index contributed by atoms with van der Waals surface area (Å²) in [6.07, 6.45) is 2.91. The molecule has 2 aromatic carbocycles. The minimum absolute atomic E-state index is 0.311. The van der Waals surface area contributed by atoms with Gasteiger partial charge in [-0.15, -0.1) is 0 Å². The quantitative estimate of drug-likeness (QED) is 0.672. The number of para-hydroxylation sites is 1. The average Bonchev–Trinajstić information content (AvgIpc) is 2.76. The van der Waals surface area contributed by atoms with Crippen LogP contribution in [0.5, 0.6) is 0 Å². The smallest absolute Gasteiger partial charge is 0.339 e. The van der Waals surface area contributed by atoms with Crippen LogP contribution in [0.1, 0.15) is 46.9 Å². The third kappa shape index (κ3) is 4.14. The molecule has 0 saturated heterocycles. The van der Waals surface area contributed by atoms with E-state index >= 15 is 0 Å². The fourth-order valence-corrected chi connectivity index (χ4v) is 3.81. The van der Waals surface area contributed by atoms with Gasteiger partial charge in [0.05, 0.1) is 11.1 Å². The predicted octanol–water partition coefficient (Wildman–Crippen LogP) is 3.98. The standard InChI is InChI=1S/C24H24N2O3/c1-16(23(27)25-15-17-9-3-2-4-10-17)29-24(28)22-18-11-5-7-13-20(18)26-21-14-8-6-12-19(21)22/h2-5,7,9-11,13,16H,6,8,12,14-15H2,1H3,(H,25,27)/t16-/m0/s1. The molecular formula is C24H24N2O3. The highest BCUT2D eigenvalue weighted by atomic mass is 16.5. The lowest BCUT2D eigenvalue weighted by molar-refractivity contribution is -0.129. The second-order valence-electron chi connectivity index (χ2n) is 7.39. The number of esters is 1. The average molecular weight is 388 g/mol. The maximum Gasteiger partial charge on any atom is 0.339 e. The Morgan fingerprint density at radius 2 is 1.76 bits per heavy atom. The van der Waals surface area contributed by atoms with Gasteiger partial charge in [0.25, 0.3) is 5.91 Å². The topological polar surface area (TPSA) is 68.3 Å². The molecule has 1 aliphatic carbocycles. The summed E-state index contributed by atoms with van der Waals surface area (Å²) in [4.78, 5) is 30.3. The molecule has 0 saturated carbocycles. The van der Waals surface area contributed by atoms with Crippen LogP contribution in [0.2, 0.25) is 0 Å². The number of carbonyl (C=O) groups excluding carboxylic acids is 2. The molecule has 1 amide bonds. The third-order valence-corrected chi connectivity index (χ3v) is 5.34. The second-order valence-corrected chi connectivity index (χ2v) is 7.39. The van der Waals surface area contributed by atoms with Crippen LogP contribution in [0.15, 0.2) is 54.6 Å². The van der Waals surface area contributed by atoms with Gasteiger partial charge in [0.2, 0.25) is 0 Å². The third-order valence-electron chi connectivity index (χ3n) is 5.34. The molecule has 1 atom stereocenters.